The van der Waals surface area contributed by atoms with Crippen LogP contribution in [0.5, 0.6) is 11.5 Å². The minimum absolute atomic E-state index is 0.0893. The third-order valence-electron chi connectivity index (χ3n) is 6.42. The largest absolute Gasteiger partial charge is 0.493 e. The molecule has 1 aliphatic rings. The number of nitrogens with one attached hydrogen (secondary N) is 1. The summed E-state index contributed by atoms with van der Waals surface area (Å²) < 4.78 is 11.6. The molecule has 1 fully saturated rings. The molecule has 5 N–H and O–H groups in total. The predicted molar refractivity (Wildman–Crippen MR) is 134 cm³/mol. The molecule has 1 atom stereocenters. The topological polar surface area (TPSA) is 130 Å². The summed E-state index contributed by atoms with van der Waals surface area (Å²) in [6, 6.07) is 9.14. The van der Waals surface area contributed by atoms with E-state index in [1.54, 1.807) is 19.2 Å². The third-order valence-corrected chi connectivity index (χ3v) is 6.42. The molecular formula is C26H32N4O5. The maximum absolute atomic E-state index is 12.2. The van der Waals surface area contributed by atoms with Crippen LogP contribution >= 0.6 is 0 Å². The van der Waals surface area contributed by atoms with Crippen LogP contribution in [0.3, 0.4) is 0 Å². The molecule has 0 bridgehead atoms. The highest BCUT2D eigenvalue weighted by molar-refractivity contribution is 6.08. The van der Waals surface area contributed by atoms with E-state index in [2.05, 4.69) is 15.2 Å². The molecule has 2 heterocycles. The van der Waals surface area contributed by atoms with Gasteiger partial charge in [0, 0.05) is 43.0 Å². The second-order valence-electron chi connectivity index (χ2n) is 8.75. The number of primary amides is 1. The van der Waals surface area contributed by atoms with Gasteiger partial charge in [-0.25, -0.2) is 0 Å². The van der Waals surface area contributed by atoms with Gasteiger partial charge in [-0.15, -0.1) is 0 Å². The van der Waals surface area contributed by atoms with Gasteiger partial charge in [0.1, 0.15) is 0 Å². The molecule has 186 valence electrons. The van der Waals surface area contributed by atoms with E-state index >= 15 is 0 Å². The van der Waals surface area contributed by atoms with Crippen molar-refractivity contribution in [3.05, 3.63) is 53.2 Å². The van der Waals surface area contributed by atoms with Gasteiger partial charge in [0.05, 0.1) is 43.2 Å². The summed E-state index contributed by atoms with van der Waals surface area (Å²) in [6.07, 6.45) is 2.85. The number of fused-ring (bicyclic) bond motifs is 1. The summed E-state index contributed by atoms with van der Waals surface area (Å²) in [7, 11) is 1.56. The Labute approximate surface area is 204 Å². The molecule has 1 saturated heterocycles. The molecule has 1 aromatic heterocycles. The molecule has 3 aromatic rings. The summed E-state index contributed by atoms with van der Waals surface area (Å²) in [5.41, 5.74) is 9.43. The molecule has 2 aromatic carbocycles. The second kappa shape index (κ2) is 10.9. The van der Waals surface area contributed by atoms with E-state index in [0.717, 1.165) is 42.7 Å². The molecule has 1 unspecified atom stereocenters. The van der Waals surface area contributed by atoms with Crippen LogP contribution in [0.2, 0.25) is 0 Å². The van der Waals surface area contributed by atoms with E-state index in [9.17, 15) is 15.0 Å². The number of methoxy groups -OCH3 is 1. The maximum atomic E-state index is 12.2. The number of ether oxygens (including phenoxy) is 2. The van der Waals surface area contributed by atoms with E-state index < -0.39 is 5.91 Å². The Hall–Kier alpha value is -3.40. The predicted octanol–water partition coefficient (Wildman–Crippen LogP) is 2.72. The van der Waals surface area contributed by atoms with Crippen LogP contribution in [0.4, 0.5) is 11.4 Å². The average Bonchev–Trinajstić information content (AvgIpc) is 3.27. The van der Waals surface area contributed by atoms with Crippen molar-refractivity contribution in [3.63, 3.8) is 0 Å². The van der Waals surface area contributed by atoms with E-state index in [0.29, 0.717) is 41.2 Å². The first-order valence-corrected chi connectivity index (χ1v) is 11.7. The van der Waals surface area contributed by atoms with E-state index in [1.165, 1.54) is 6.20 Å². The van der Waals surface area contributed by atoms with Crippen LogP contribution in [0.1, 0.15) is 34.3 Å². The summed E-state index contributed by atoms with van der Waals surface area (Å²) in [5, 5.41) is 23.3. The van der Waals surface area contributed by atoms with Crippen molar-refractivity contribution >= 4 is 28.2 Å². The van der Waals surface area contributed by atoms with Crippen LogP contribution in [-0.2, 0) is 6.61 Å². The molecule has 9 nitrogen and oxygen atoms in total. The Kier molecular flexibility index (Phi) is 7.70. The molecule has 35 heavy (non-hydrogen) atoms. The van der Waals surface area contributed by atoms with Gasteiger partial charge < -0.3 is 35.6 Å². The lowest BCUT2D eigenvalue weighted by Crippen LogP contribution is -2.24. The number of carbonyl (C=O) groups excluding carboxylic acids is 1. The summed E-state index contributed by atoms with van der Waals surface area (Å²) in [4.78, 5) is 18.9. The Balaban J connectivity index is 1.62. The van der Waals surface area contributed by atoms with Crippen molar-refractivity contribution in [2.45, 2.75) is 32.5 Å². The normalized spacial score (nSPS) is 15.9. The molecule has 4 rings (SSSR count). The molecule has 1 aliphatic heterocycles. The van der Waals surface area contributed by atoms with Crippen LogP contribution in [-0.4, -0.2) is 65.5 Å². The van der Waals surface area contributed by atoms with Gasteiger partial charge in [-0.1, -0.05) is 12.1 Å². The minimum Gasteiger partial charge on any atom is -0.493 e. The molecule has 9 heteroatoms. The number of carbonyl (C=O) groups is 1. The highest BCUT2D eigenvalue weighted by Gasteiger charge is 2.20. The number of aromatic nitrogens is 1. The Morgan fingerprint density at radius 3 is 2.83 bits per heavy atom. The van der Waals surface area contributed by atoms with Crippen LogP contribution in [0, 0.1) is 6.92 Å². The first-order chi connectivity index (χ1) is 16.9. The Morgan fingerprint density at radius 1 is 1.31 bits per heavy atom. The van der Waals surface area contributed by atoms with Gasteiger partial charge in [0.2, 0.25) is 0 Å². The van der Waals surface area contributed by atoms with Gasteiger partial charge in [0.25, 0.3) is 5.91 Å². The van der Waals surface area contributed by atoms with Crippen LogP contribution in [0.25, 0.3) is 10.9 Å². The number of aliphatic hydroxyl groups is 2. The number of β-amino-alcohol motifs (C(OH)–C–C–N with tert-alkyl or cyclic N) is 1. The highest BCUT2D eigenvalue weighted by atomic mass is 16.5. The van der Waals surface area contributed by atoms with Crippen molar-refractivity contribution in [3.8, 4) is 11.5 Å². The number of aliphatic hydroxyl groups excluding tert-OH is 2. The molecule has 0 aliphatic carbocycles. The number of nitrogens with two attached hydrogens (primary N) is 1. The maximum Gasteiger partial charge on any atom is 0.252 e. The fourth-order valence-electron chi connectivity index (χ4n) is 4.40. The number of rotatable bonds is 10. The molecule has 0 spiro atoms. The van der Waals surface area contributed by atoms with Crippen molar-refractivity contribution in [1.29, 1.82) is 0 Å². The monoisotopic (exact) mass is 480 g/mol. The second-order valence-corrected chi connectivity index (χ2v) is 8.75. The number of likely N-dealkylation sites (tertiary alicyclic amines) is 1. The smallest absolute Gasteiger partial charge is 0.252 e. The van der Waals surface area contributed by atoms with Crippen LogP contribution < -0.4 is 20.5 Å². The van der Waals surface area contributed by atoms with Crippen LogP contribution in [0.15, 0.2) is 36.5 Å². The van der Waals surface area contributed by atoms with Gasteiger partial charge >= 0.3 is 0 Å². The van der Waals surface area contributed by atoms with Crippen molar-refractivity contribution in [2.24, 2.45) is 5.73 Å². The summed E-state index contributed by atoms with van der Waals surface area (Å²) in [6.45, 7) is 4.77. The zero-order valence-corrected chi connectivity index (χ0v) is 20.1. The lowest BCUT2D eigenvalue weighted by atomic mass is 10.0. The average molecular weight is 481 g/mol. The standard InChI is InChI=1S/C26H32N4O5/c1-16-17(15-31)5-3-6-21(16)29-25-19-11-23(34-2)24(12-22(19)28-13-20(25)26(27)33)35-10-4-8-30-9-7-18(32)14-30/h3,5-6,11-13,18,31-32H,4,7-10,14-15H2,1-2H3,(H2,27,33)(H,28,29). The number of hydrogen-bond donors (Lipinski definition) is 4. The highest BCUT2D eigenvalue weighted by Crippen LogP contribution is 2.38. The van der Waals surface area contributed by atoms with Gasteiger partial charge in [-0.2, -0.15) is 0 Å². The number of hydrogen-bond acceptors (Lipinski definition) is 8. The van der Waals surface area contributed by atoms with E-state index in [-0.39, 0.29) is 18.3 Å². The fraction of sp³-hybridized carbons (Fsp3) is 0.385. The van der Waals surface area contributed by atoms with Gasteiger partial charge in [-0.05, 0) is 43.0 Å². The van der Waals surface area contributed by atoms with Crippen molar-refractivity contribution in [2.75, 3.05) is 38.7 Å². The first kappa shape index (κ1) is 24.7. The quantitative estimate of drug-likeness (QED) is 0.326. The van der Waals surface area contributed by atoms with E-state index in [1.807, 2.05) is 25.1 Å². The Morgan fingerprint density at radius 2 is 2.14 bits per heavy atom. The van der Waals surface area contributed by atoms with Gasteiger partial charge in [0.15, 0.2) is 11.5 Å². The lowest BCUT2D eigenvalue weighted by molar-refractivity contribution is 0.100. The molecular weight excluding hydrogens is 448 g/mol. The SMILES string of the molecule is COc1cc2c(Nc3cccc(CO)c3C)c(C(N)=O)cnc2cc1OCCCN1CCC(O)C1. The lowest BCUT2D eigenvalue weighted by Gasteiger charge is -2.18. The molecule has 0 saturated carbocycles. The third kappa shape index (κ3) is 5.48. The van der Waals surface area contributed by atoms with Gasteiger partial charge in [-0.3, -0.25) is 9.78 Å². The van der Waals surface area contributed by atoms with Crippen molar-refractivity contribution in [1.82, 2.24) is 9.88 Å². The van der Waals surface area contributed by atoms with Crippen molar-refractivity contribution < 1.29 is 24.5 Å². The summed E-state index contributed by atoms with van der Waals surface area (Å²) >= 11 is 0. The first-order valence-electron chi connectivity index (χ1n) is 11.7. The molecule has 0 radical (unpaired) electrons. The number of benzene rings is 2. The Bertz CT molecular complexity index is 1220. The molecule has 1 amide bonds. The number of pyridine rings is 1. The number of nitrogens with zero attached hydrogens (tertiary/aromatic N) is 2. The number of amides is 1. The fourth-order valence-corrected chi connectivity index (χ4v) is 4.40. The zero-order valence-electron chi connectivity index (χ0n) is 20.1. The summed E-state index contributed by atoms with van der Waals surface area (Å²) in [5.74, 6) is 0.468. The number of anilines is 2. The van der Waals surface area contributed by atoms with E-state index in [4.69, 9.17) is 15.2 Å². The minimum atomic E-state index is -0.607. The zero-order chi connectivity index (χ0) is 24.9.